The summed E-state index contributed by atoms with van der Waals surface area (Å²) in [6.45, 7) is 13.9. The number of carbonyl (C=O) groups excluding carboxylic acids is 1. The van der Waals surface area contributed by atoms with E-state index in [1.807, 2.05) is 11.8 Å². The van der Waals surface area contributed by atoms with Crippen molar-refractivity contribution < 1.29 is 13.9 Å². The molecule has 0 aliphatic carbocycles. The Morgan fingerprint density at radius 3 is 2.89 bits per heavy atom. The van der Waals surface area contributed by atoms with Crippen molar-refractivity contribution in [3.05, 3.63) is 64.3 Å². The van der Waals surface area contributed by atoms with E-state index in [1.165, 1.54) is 17.1 Å². The number of hydrogen-bond acceptors (Lipinski definition) is 8. The highest BCUT2D eigenvalue weighted by molar-refractivity contribution is 5.79. The van der Waals surface area contributed by atoms with Crippen molar-refractivity contribution in [3.8, 4) is 5.95 Å². The van der Waals surface area contributed by atoms with Crippen molar-refractivity contribution in [2.24, 2.45) is 0 Å². The Bertz CT molecular complexity index is 1290. The lowest BCUT2D eigenvalue weighted by atomic mass is 9.98. The second-order valence-corrected chi connectivity index (χ2v) is 8.74. The fourth-order valence-electron chi connectivity index (χ4n) is 4.66. The van der Waals surface area contributed by atoms with Crippen LogP contribution in [-0.2, 0) is 16.0 Å². The summed E-state index contributed by atoms with van der Waals surface area (Å²) in [5, 5.41) is 10.9. The molecule has 0 spiro atoms. The molecule has 180 valence electrons. The highest BCUT2D eigenvalue weighted by Crippen LogP contribution is 2.34. The fourth-order valence-corrected chi connectivity index (χ4v) is 4.66. The molecule has 0 radical (unpaired) electrons. The van der Waals surface area contributed by atoms with Crippen LogP contribution in [0.5, 0.6) is 0 Å². The molecule has 5 rings (SSSR count). The molecule has 2 atom stereocenters. The van der Waals surface area contributed by atoms with Crippen molar-refractivity contribution in [2.75, 3.05) is 32.8 Å². The standard InChI is InChI=1S/C23H24FN9O2/c1-14-18(4-5-19(24)22(14)25-3)20-11-31-6-7-32(10-17(31)12-35-20)21(34)8-16-9-26-23(28-15(16)2)33-13-27-29-30-33/h4-5,9,13,17,20H,6-8,10-12H2,1-2H3/t17-,20+/m1/s1. The second-order valence-electron chi connectivity index (χ2n) is 8.74. The number of piperazine rings is 1. The molecule has 4 heterocycles. The molecule has 2 saturated heterocycles. The Morgan fingerprint density at radius 1 is 1.29 bits per heavy atom. The van der Waals surface area contributed by atoms with Gasteiger partial charge < -0.3 is 9.64 Å². The van der Waals surface area contributed by atoms with Crippen LogP contribution in [0.15, 0.2) is 24.7 Å². The number of aromatic nitrogens is 6. The van der Waals surface area contributed by atoms with E-state index in [9.17, 15) is 9.18 Å². The second kappa shape index (κ2) is 9.44. The molecule has 1 aromatic carbocycles. The molecule has 11 nitrogen and oxygen atoms in total. The summed E-state index contributed by atoms with van der Waals surface area (Å²) >= 11 is 0. The van der Waals surface area contributed by atoms with Crippen LogP contribution in [0.3, 0.4) is 0 Å². The fraction of sp³-hybridized carbons (Fsp3) is 0.435. The SMILES string of the molecule is [C-]#[N+]c1c(F)ccc([C@@H]2CN3CCN(C(=O)Cc4cnc(-n5cnnn5)nc4C)C[C@@H]3CO2)c1C. The average Bonchev–Trinajstić information content (AvgIpc) is 3.40. The van der Waals surface area contributed by atoms with Gasteiger partial charge in [-0.1, -0.05) is 6.07 Å². The zero-order chi connectivity index (χ0) is 24.5. The molecule has 2 fully saturated rings. The molecular formula is C23H24FN9O2. The van der Waals surface area contributed by atoms with E-state index in [4.69, 9.17) is 11.3 Å². The van der Waals surface area contributed by atoms with Gasteiger partial charge in [-0.3, -0.25) is 9.69 Å². The Balaban J connectivity index is 1.21. The van der Waals surface area contributed by atoms with Gasteiger partial charge in [-0.05, 0) is 41.5 Å². The van der Waals surface area contributed by atoms with Crippen molar-refractivity contribution >= 4 is 11.6 Å². The van der Waals surface area contributed by atoms with Crippen LogP contribution in [-0.4, -0.2) is 84.7 Å². The maximum atomic E-state index is 13.9. The van der Waals surface area contributed by atoms with E-state index < -0.39 is 5.82 Å². The van der Waals surface area contributed by atoms with E-state index in [-0.39, 0.29) is 30.2 Å². The molecule has 12 heteroatoms. The Kier molecular flexibility index (Phi) is 6.19. The monoisotopic (exact) mass is 477 g/mol. The quantitative estimate of drug-likeness (QED) is 0.522. The average molecular weight is 478 g/mol. The van der Waals surface area contributed by atoms with Crippen LogP contribution in [0.2, 0.25) is 0 Å². The first-order valence-electron chi connectivity index (χ1n) is 11.3. The maximum absolute atomic E-state index is 13.9. The normalized spacial score (nSPS) is 20.3. The maximum Gasteiger partial charge on any atom is 0.253 e. The van der Waals surface area contributed by atoms with Gasteiger partial charge in [0.15, 0.2) is 0 Å². The van der Waals surface area contributed by atoms with E-state index >= 15 is 0 Å². The third-order valence-electron chi connectivity index (χ3n) is 6.69. The van der Waals surface area contributed by atoms with Crippen molar-refractivity contribution in [1.29, 1.82) is 0 Å². The van der Waals surface area contributed by atoms with Crippen LogP contribution in [0.1, 0.15) is 28.5 Å². The van der Waals surface area contributed by atoms with Gasteiger partial charge in [-0.2, -0.15) is 4.68 Å². The molecule has 1 amide bonds. The predicted molar refractivity (Wildman–Crippen MR) is 121 cm³/mol. The van der Waals surface area contributed by atoms with Gasteiger partial charge in [0.05, 0.1) is 31.7 Å². The predicted octanol–water partition coefficient (Wildman–Crippen LogP) is 1.59. The summed E-state index contributed by atoms with van der Waals surface area (Å²) in [6, 6.07) is 3.13. The van der Waals surface area contributed by atoms with Crippen LogP contribution in [0.25, 0.3) is 10.8 Å². The van der Waals surface area contributed by atoms with Crippen LogP contribution < -0.4 is 0 Å². The zero-order valence-electron chi connectivity index (χ0n) is 19.4. The summed E-state index contributed by atoms with van der Waals surface area (Å²) in [5.41, 5.74) is 2.98. The molecule has 0 N–H and O–H groups in total. The van der Waals surface area contributed by atoms with Crippen molar-refractivity contribution in [1.82, 2.24) is 40.0 Å². The van der Waals surface area contributed by atoms with E-state index in [0.29, 0.717) is 43.4 Å². The summed E-state index contributed by atoms with van der Waals surface area (Å²) in [4.78, 5) is 29.2. The lowest BCUT2D eigenvalue weighted by molar-refractivity contribution is -0.139. The smallest absolute Gasteiger partial charge is 0.253 e. The van der Waals surface area contributed by atoms with E-state index in [2.05, 4.69) is 35.2 Å². The molecule has 35 heavy (non-hydrogen) atoms. The molecule has 0 saturated carbocycles. The summed E-state index contributed by atoms with van der Waals surface area (Å²) in [6.07, 6.45) is 3.04. The molecule has 2 aliphatic heterocycles. The number of carbonyl (C=O) groups is 1. The first kappa shape index (κ1) is 22.9. The number of nitrogens with zero attached hydrogens (tertiary/aromatic N) is 9. The Hall–Kier alpha value is -3.82. The number of tetrazole rings is 1. The number of fused-ring (bicyclic) bond motifs is 1. The lowest BCUT2D eigenvalue weighted by Gasteiger charge is -2.46. The van der Waals surface area contributed by atoms with Crippen molar-refractivity contribution in [2.45, 2.75) is 32.4 Å². The summed E-state index contributed by atoms with van der Waals surface area (Å²) in [7, 11) is 0. The number of benzene rings is 1. The van der Waals surface area contributed by atoms with Crippen LogP contribution in [0.4, 0.5) is 10.1 Å². The number of halogens is 1. The van der Waals surface area contributed by atoms with Gasteiger partial charge >= 0.3 is 0 Å². The summed E-state index contributed by atoms with van der Waals surface area (Å²) < 4.78 is 21.4. The Labute approximate surface area is 201 Å². The molecule has 0 bridgehead atoms. The number of ether oxygens (including phenoxy) is 1. The first-order chi connectivity index (χ1) is 16.9. The number of aryl methyl sites for hydroxylation is 1. The minimum Gasteiger partial charge on any atom is -0.371 e. The number of amides is 1. The van der Waals surface area contributed by atoms with Gasteiger partial charge in [-0.15, -0.1) is 5.10 Å². The minimum atomic E-state index is -0.507. The van der Waals surface area contributed by atoms with Gasteiger partial charge in [0.1, 0.15) is 12.1 Å². The van der Waals surface area contributed by atoms with Gasteiger partial charge in [-0.25, -0.2) is 19.2 Å². The third kappa shape index (κ3) is 4.48. The molecular weight excluding hydrogens is 453 g/mol. The number of rotatable bonds is 4. The highest BCUT2D eigenvalue weighted by atomic mass is 19.1. The van der Waals surface area contributed by atoms with Crippen molar-refractivity contribution in [3.63, 3.8) is 0 Å². The Morgan fingerprint density at radius 2 is 2.14 bits per heavy atom. The van der Waals surface area contributed by atoms with Crippen LogP contribution in [0, 0.1) is 26.2 Å². The molecule has 2 aliphatic rings. The summed E-state index contributed by atoms with van der Waals surface area (Å²) in [5.74, 6) is -0.136. The zero-order valence-corrected chi connectivity index (χ0v) is 19.4. The van der Waals surface area contributed by atoms with E-state index in [1.54, 1.807) is 19.2 Å². The largest absolute Gasteiger partial charge is 0.371 e. The highest BCUT2D eigenvalue weighted by Gasteiger charge is 2.36. The molecule has 0 unspecified atom stereocenters. The van der Waals surface area contributed by atoms with E-state index in [0.717, 1.165) is 17.7 Å². The number of morpholine rings is 1. The van der Waals surface area contributed by atoms with Gasteiger partial charge in [0.25, 0.3) is 5.95 Å². The van der Waals surface area contributed by atoms with Gasteiger partial charge in [0.2, 0.25) is 11.6 Å². The minimum absolute atomic E-state index is 0.0183. The lowest BCUT2D eigenvalue weighted by Crippen LogP contribution is -2.59. The molecule has 2 aromatic heterocycles. The van der Waals surface area contributed by atoms with Crippen LogP contribution >= 0.6 is 0 Å². The topological polar surface area (TPSA) is 107 Å². The number of hydrogen-bond donors (Lipinski definition) is 0. The first-order valence-corrected chi connectivity index (χ1v) is 11.3. The third-order valence-corrected chi connectivity index (χ3v) is 6.69. The molecule has 3 aromatic rings. The van der Waals surface area contributed by atoms with Gasteiger partial charge in [0, 0.05) is 43.6 Å².